The van der Waals surface area contributed by atoms with Crippen molar-refractivity contribution < 1.29 is 4.79 Å². The molecule has 1 heterocycles. The average molecular weight is 258 g/mol. The third-order valence-corrected chi connectivity index (χ3v) is 2.80. The molecule has 5 nitrogen and oxygen atoms in total. The third-order valence-electron chi connectivity index (χ3n) is 2.80. The quantitative estimate of drug-likeness (QED) is 0.899. The second-order valence-electron chi connectivity index (χ2n) is 4.54. The lowest BCUT2D eigenvalue weighted by molar-refractivity contribution is 0.0821. The van der Waals surface area contributed by atoms with E-state index < -0.39 is 0 Å². The van der Waals surface area contributed by atoms with E-state index in [0.717, 1.165) is 12.2 Å². The molecule has 0 atom stereocenters. The third kappa shape index (κ3) is 3.00. The Morgan fingerprint density at radius 1 is 1.26 bits per heavy atom. The molecule has 0 spiro atoms. The first-order chi connectivity index (χ1) is 9.11. The molecule has 0 unspecified atom stereocenters. The first kappa shape index (κ1) is 13.3. The van der Waals surface area contributed by atoms with Crippen LogP contribution in [0.5, 0.6) is 0 Å². The van der Waals surface area contributed by atoms with Crippen LogP contribution in [0.4, 0.5) is 0 Å². The molecule has 2 rings (SSSR count). The van der Waals surface area contributed by atoms with Crippen molar-refractivity contribution in [2.45, 2.75) is 6.54 Å². The Balaban J connectivity index is 2.20. The Labute approximate surface area is 112 Å². The number of nitrogens with zero attached hydrogens (tertiary/aromatic N) is 3. The number of amides is 1. The van der Waals surface area contributed by atoms with Crippen LogP contribution >= 0.6 is 0 Å². The van der Waals surface area contributed by atoms with Gasteiger partial charge in [-0.2, -0.15) is 5.10 Å². The number of nitrogens with one attached hydrogen (secondary N) is 1. The highest BCUT2D eigenvalue weighted by Crippen LogP contribution is 2.10. The van der Waals surface area contributed by atoms with Gasteiger partial charge in [-0.3, -0.25) is 4.79 Å². The highest BCUT2D eigenvalue weighted by molar-refractivity contribution is 5.91. The summed E-state index contributed by atoms with van der Waals surface area (Å²) in [5.41, 5.74) is 2.60. The van der Waals surface area contributed by atoms with E-state index in [4.69, 9.17) is 0 Å². The van der Waals surface area contributed by atoms with Crippen LogP contribution in [-0.2, 0) is 6.54 Å². The Hall–Kier alpha value is -2.14. The van der Waals surface area contributed by atoms with Gasteiger partial charge in [0.25, 0.3) is 5.91 Å². The van der Waals surface area contributed by atoms with Crippen LogP contribution in [0.15, 0.2) is 36.5 Å². The summed E-state index contributed by atoms with van der Waals surface area (Å²) < 4.78 is 1.71. The normalized spacial score (nSPS) is 10.5. The van der Waals surface area contributed by atoms with Crippen LogP contribution in [0.3, 0.4) is 0 Å². The van der Waals surface area contributed by atoms with Crippen molar-refractivity contribution in [3.05, 3.63) is 47.8 Å². The van der Waals surface area contributed by atoms with E-state index in [1.165, 1.54) is 10.5 Å². The smallest absolute Gasteiger partial charge is 0.273 e. The number of aromatic nitrogens is 2. The largest absolute Gasteiger partial charge is 0.343 e. The molecule has 19 heavy (non-hydrogen) atoms. The van der Waals surface area contributed by atoms with Gasteiger partial charge in [0.1, 0.15) is 0 Å². The molecule has 1 N–H and O–H groups in total. The standard InChI is InChI=1S/C14H18N4O/c1-15-10-11-4-6-12(7-5-11)18-9-8-13(16-18)14(19)17(2)3/h4-9,15H,10H2,1-3H3. The van der Waals surface area contributed by atoms with Crippen LogP contribution in [0.2, 0.25) is 0 Å². The summed E-state index contributed by atoms with van der Waals surface area (Å²) in [5, 5.41) is 7.39. The lowest BCUT2D eigenvalue weighted by atomic mass is 10.2. The van der Waals surface area contributed by atoms with E-state index >= 15 is 0 Å². The maximum atomic E-state index is 11.8. The SMILES string of the molecule is CNCc1ccc(-n2ccc(C(=O)N(C)C)n2)cc1. The van der Waals surface area contributed by atoms with E-state index in [1.807, 2.05) is 31.3 Å². The molecular weight excluding hydrogens is 240 g/mol. The fourth-order valence-electron chi connectivity index (χ4n) is 1.78. The van der Waals surface area contributed by atoms with Crippen LogP contribution in [0, 0.1) is 0 Å². The molecule has 0 fully saturated rings. The maximum Gasteiger partial charge on any atom is 0.273 e. The minimum Gasteiger partial charge on any atom is -0.343 e. The van der Waals surface area contributed by atoms with Crippen molar-refractivity contribution in [3.63, 3.8) is 0 Å². The summed E-state index contributed by atoms with van der Waals surface area (Å²) in [5.74, 6) is -0.0921. The average Bonchev–Trinajstić information content (AvgIpc) is 2.88. The summed E-state index contributed by atoms with van der Waals surface area (Å²) in [7, 11) is 5.35. The molecule has 0 aliphatic heterocycles. The fraction of sp³-hybridized carbons (Fsp3) is 0.286. The van der Waals surface area contributed by atoms with Crippen LogP contribution in [0.1, 0.15) is 16.1 Å². The Bertz CT molecular complexity index is 557. The molecule has 5 heteroatoms. The molecule has 1 aromatic heterocycles. The number of carbonyl (C=O) groups is 1. The van der Waals surface area contributed by atoms with Gasteiger partial charge in [-0.1, -0.05) is 12.1 Å². The summed E-state index contributed by atoms with van der Waals surface area (Å²) in [6, 6.07) is 9.79. The van der Waals surface area contributed by atoms with Gasteiger partial charge < -0.3 is 10.2 Å². The molecule has 1 amide bonds. The predicted octanol–water partition coefficient (Wildman–Crippen LogP) is 1.29. The minimum atomic E-state index is -0.0921. The van der Waals surface area contributed by atoms with Gasteiger partial charge in [0, 0.05) is 26.8 Å². The Morgan fingerprint density at radius 3 is 2.53 bits per heavy atom. The fourth-order valence-corrected chi connectivity index (χ4v) is 1.78. The molecule has 1 aromatic carbocycles. The predicted molar refractivity (Wildman–Crippen MR) is 74.3 cm³/mol. The maximum absolute atomic E-state index is 11.8. The molecule has 0 saturated carbocycles. The van der Waals surface area contributed by atoms with Crippen molar-refractivity contribution in [1.82, 2.24) is 20.0 Å². The first-order valence-corrected chi connectivity index (χ1v) is 6.13. The zero-order chi connectivity index (χ0) is 13.8. The Kier molecular flexibility index (Phi) is 3.97. The number of hydrogen-bond acceptors (Lipinski definition) is 3. The highest BCUT2D eigenvalue weighted by Gasteiger charge is 2.11. The van der Waals surface area contributed by atoms with Gasteiger partial charge >= 0.3 is 0 Å². The summed E-state index contributed by atoms with van der Waals surface area (Å²) in [4.78, 5) is 13.3. The van der Waals surface area contributed by atoms with Crippen molar-refractivity contribution in [1.29, 1.82) is 0 Å². The monoisotopic (exact) mass is 258 g/mol. The Morgan fingerprint density at radius 2 is 1.95 bits per heavy atom. The van der Waals surface area contributed by atoms with E-state index in [0.29, 0.717) is 5.69 Å². The number of hydrogen-bond donors (Lipinski definition) is 1. The number of carbonyl (C=O) groups excluding carboxylic acids is 1. The van der Waals surface area contributed by atoms with Crippen molar-refractivity contribution >= 4 is 5.91 Å². The van der Waals surface area contributed by atoms with E-state index in [2.05, 4.69) is 10.4 Å². The molecular formula is C14H18N4O. The summed E-state index contributed by atoms with van der Waals surface area (Å²) in [6.45, 7) is 0.837. The second kappa shape index (κ2) is 5.67. The zero-order valence-corrected chi connectivity index (χ0v) is 11.4. The number of rotatable bonds is 4. The minimum absolute atomic E-state index is 0.0921. The van der Waals surface area contributed by atoms with Crippen LogP contribution in [-0.4, -0.2) is 41.7 Å². The molecule has 2 aromatic rings. The number of benzene rings is 1. The van der Waals surface area contributed by atoms with Gasteiger partial charge in [0.2, 0.25) is 0 Å². The van der Waals surface area contributed by atoms with E-state index in [-0.39, 0.29) is 5.91 Å². The van der Waals surface area contributed by atoms with E-state index in [9.17, 15) is 4.79 Å². The van der Waals surface area contributed by atoms with Gasteiger partial charge in [0.15, 0.2) is 5.69 Å². The van der Waals surface area contributed by atoms with Gasteiger partial charge in [-0.15, -0.1) is 0 Å². The van der Waals surface area contributed by atoms with Crippen molar-refractivity contribution in [3.8, 4) is 5.69 Å². The summed E-state index contributed by atoms with van der Waals surface area (Å²) >= 11 is 0. The highest BCUT2D eigenvalue weighted by atomic mass is 16.2. The van der Waals surface area contributed by atoms with Gasteiger partial charge in [-0.05, 0) is 30.8 Å². The van der Waals surface area contributed by atoms with Crippen molar-refractivity contribution in [2.24, 2.45) is 0 Å². The lowest BCUT2D eigenvalue weighted by Crippen LogP contribution is -2.22. The lowest BCUT2D eigenvalue weighted by Gasteiger charge is -2.07. The van der Waals surface area contributed by atoms with E-state index in [1.54, 1.807) is 31.0 Å². The molecule has 0 radical (unpaired) electrons. The topological polar surface area (TPSA) is 50.2 Å². The molecule has 0 bridgehead atoms. The molecule has 100 valence electrons. The second-order valence-corrected chi connectivity index (χ2v) is 4.54. The van der Waals surface area contributed by atoms with Gasteiger partial charge in [0.05, 0.1) is 5.69 Å². The van der Waals surface area contributed by atoms with Crippen LogP contribution < -0.4 is 5.32 Å². The van der Waals surface area contributed by atoms with Crippen molar-refractivity contribution in [2.75, 3.05) is 21.1 Å². The first-order valence-electron chi connectivity index (χ1n) is 6.13. The van der Waals surface area contributed by atoms with Gasteiger partial charge in [-0.25, -0.2) is 4.68 Å². The molecule has 0 saturated heterocycles. The zero-order valence-electron chi connectivity index (χ0n) is 11.4. The molecule has 0 aliphatic rings. The molecule has 0 aliphatic carbocycles. The summed E-state index contributed by atoms with van der Waals surface area (Å²) in [6.07, 6.45) is 1.80. The van der Waals surface area contributed by atoms with Crippen LogP contribution in [0.25, 0.3) is 5.69 Å².